The molecule has 0 unspecified atom stereocenters. The predicted octanol–water partition coefficient (Wildman–Crippen LogP) is 1.66. The molecule has 0 spiro atoms. The summed E-state index contributed by atoms with van der Waals surface area (Å²) in [4.78, 5) is 9.78. The van der Waals surface area contributed by atoms with Crippen molar-refractivity contribution in [3.05, 3.63) is 0 Å². The summed E-state index contributed by atoms with van der Waals surface area (Å²) in [5.74, 6) is -11.9. The van der Waals surface area contributed by atoms with E-state index in [4.69, 9.17) is 0 Å². The number of nitrogens with zero attached hydrogens (tertiary/aromatic N) is 1. The molecule has 0 aliphatic carbocycles. The molecular weight excluding hydrogens is 235 g/mol. The van der Waals surface area contributed by atoms with E-state index in [0.717, 1.165) is 0 Å². The van der Waals surface area contributed by atoms with Crippen LogP contribution in [0, 0.1) is 0 Å². The second kappa shape index (κ2) is 2.99. The van der Waals surface area contributed by atoms with E-state index < -0.39 is 41.9 Å². The third kappa shape index (κ3) is 2.00. The molecule has 1 rings (SSSR count). The third-order valence-corrected chi connectivity index (χ3v) is 1.84. The fraction of sp³-hybridized carbons (Fsp3) is 0.833. The molecule has 1 aliphatic heterocycles. The number of carbonyl (C=O) groups is 1. The van der Waals surface area contributed by atoms with Gasteiger partial charge in [0.2, 0.25) is 0 Å². The molecule has 1 aliphatic rings. The molecule has 0 aromatic rings. The summed E-state index contributed by atoms with van der Waals surface area (Å²) in [6, 6.07) is 0. The second-order valence-corrected chi connectivity index (χ2v) is 3.07. The first-order valence-electron chi connectivity index (χ1n) is 3.59. The van der Waals surface area contributed by atoms with Crippen LogP contribution < -0.4 is 0 Å². The van der Waals surface area contributed by atoms with Crippen molar-refractivity contribution in [2.24, 2.45) is 0 Å². The van der Waals surface area contributed by atoms with Crippen molar-refractivity contribution in [1.82, 2.24) is 4.90 Å². The van der Waals surface area contributed by atoms with E-state index in [-0.39, 0.29) is 0 Å². The van der Waals surface area contributed by atoms with Crippen LogP contribution in [0.4, 0.5) is 30.7 Å². The van der Waals surface area contributed by atoms with E-state index in [9.17, 15) is 35.5 Å². The molecule has 0 aromatic carbocycles. The molecule has 1 saturated heterocycles. The zero-order chi connectivity index (χ0) is 12.1. The molecule has 0 radical (unpaired) electrons. The minimum absolute atomic E-state index is 0.597. The highest BCUT2D eigenvalue weighted by Gasteiger charge is 2.65. The molecule has 2 nitrogen and oxygen atoms in total. The van der Waals surface area contributed by atoms with Gasteiger partial charge in [0.15, 0.2) is 0 Å². The summed E-state index contributed by atoms with van der Waals surface area (Å²) >= 11 is 0. The first kappa shape index (κ1) is 12.1. The lowest BCUT2D eigenvalue weighted by Crippen LogP contribution is -2.40. The van der Waals surface area contributed by atoms with Crippen LogP contribution in [0.2, 0.25) is 0 Å². The number of carbonyl (C=O) groups excluding carboxylic acids is 1. The molecular formula is C6H4F7NO. The summed E-state index contributed by atoms with van der Waals surface area (Å²) in [6.45, 7) is -3.84. The smallest absolute Gasteiger partial charge is 0.322 e. The molecule has 0 N–H and O–H groups in total. The van der Waals surface area contributed by atoms with Crippen LogP contribution in [0.25, 0.3) is 0 Å². The van der Waals surface area contributed by atoms with Gasteiger partial charge in [-0.15, -0.1) is 0 Å². The Morgan fingerprint density at radius 1 is 1.00 bits per heavy atom. The average Bonchev–Trinajstić information content (AvgIpc) is 2.18. The number of rotatable bonds is 0. The van der Waals surface area contributed by atoms with Crippen molar-refractivity contribution in [2.75, 3.05) is 13.1 Å². The normalized spacial score (nSPS) is 24.3. The lowest BCUT2D eigenvalue weighted by atomic mass is 10.2. The zero-order valence-electron chi connectivity index (χ0n) is 6.92. The third-order valence-electron chi connectivity index (χ3n) is 1.84. The monoisotopic (exact) mass is 239 g/mol. The zero-order valence-corrected chi connectivity index (χ0v) is 6.92. The fourth-order valence-corrected chi connectivity index (χ4v) is 1.09. The Labute approximate surface area is 78.6 Å². The molecule has 1 fully saturated rings. The summed E-state index contributed by atoms with van der Waals surface area (Å²) in [7, 11) is 0. The lowest BCUT2D eigenvalue weighted by molar-refractivity contribution is -0.185. The quantitative estimate of drug-likeness (QED) is 0.589. The largest absolute Gasteiger partial charge is 0.471 e. The van der Waals surface area contributed by atoms with Gasteiger partial charge < -0.3 is 4.90 Å². The minimum Gasteiger partial charge on any atom is -0.322 e. The van der Waals surface area contributed by atoms with Crippen molar-refractivity contribution in [2.45, 2.75) is 18.0 Å². The van der Waals surface area contributed by atoms with Crippen molar-refractivity contribution >= 4 is 5.91 Å². The highest BCUT2D eigenvalue weighted by Crippen LogP contribution is 2.41. The van der Waals surface area contributed by atoms with Gasteiger partial charge in [-0.2, -0.15) is 30.7 Å². The van der Waals surface area contributed by atoms with Crippen LogP contribution >= 0.6 is 0 Å². The maximum atomic E-state index is 12.4. The van der Waals surface area contributed by atoms with Crippen LogP contribution in [-0.4, -0.2) is 41.9 Å². The number of hydrogen-bond donors (Lipinski definition) is 0. The standard InChI is InChI=1S/C6H4F7NO/c7-4(8)1-14(2-5(4,9)10)3(15)6(11,12)13/h1-2H2. The fourth-order valence-electron chi connectivity index (χ4n) is 1.09. The van der Waals surface area contributed by atoms with Crippen molar-refractivity contribution in [1.29, 1.82) is 0 Å². The summed E-state index contributed by atoms with van der Waals surface area (Å²) in [5.41, 5.74) is 0. The van der Waals surface area contributed by atoms with Gasteiger partial charge in [-0.1, -0.05) is 0 Å². The van der Waals surface area contributed by atoms with Crippen LogP contribution in [0.3, 0.4) is 0 Å². The van der Waals surface area contributed by atoms with Gasteiger partial charge in [-0.25, -0.2) is 0 Å². The van der Waals surface area contributed by atoms with Gasteiger partial charge in [0.25, 0.3) is 0 Å². The van der Waals surface area contributed by atoms with Crippen molar-refractivity contribution in [3.63, 3.8) is 0 Å². The SMILES string of the molecule is O=C(N1CC(F)(F)C(F)(F)C1)C(F)(F)F. The van der Waals surface area contributed by atoms with Gasteiger partial charge in [-0.05, 0) is 0 Å². The van der Waals surface area contributed by atoms with E-state index in [1.165, 1.54) is 0 Å². The Balaban J connectivity index is 2.85. The van der Waals surface area contributed by atoms with E-state index in [2.05, 4.69) is 0 Å². The molecule has 0 bridgehead atoms. The Kier molecular flexibility index (Phi) is 2.40. The molecule has 88 valence electrons. The van der Waals surface area contributed by atoms with Gasteiger partial charge in [0, 0.05) is 0 Å². The molecule has 9 heteroatoms. The van der Waals surface area contributed by atoms with E-state index in [1.807, 2.05) is 0 Å². The highest BCUT2D eigenvalue weighted by atomic mass is 19.4. The van der Waals surface area contributed by atoms with Crippen LogP contribution in [0.5, 0.6) is 0 Å². The van der Waals surface area contributed by atoms with Gasteiger partial charge in [0.1, 0.15) is 0 Å². The molecule has 1 heterocycles. The second-order valence-electron chi connectivity index (χ2n) is 3.07. The lowest BCUT2D eigenvalue weighted by Gasteiger charge is -2.16. The minimum atomic E-state index is -5.42. The van der Waals surface area contributed by atoms with Crippen LogP contribution in [0.1, 0.15) is 0 Å². The van der Waals surface area contributed by atoms with Crippen LogP contribution in [0.15, 0.2) is 0 Å². The maximum absolute atomic E-state index is 12.4. The first-order chi connectivity index (χ1) is 6.47. The summed E-state index contributed by atoms with van der Waals surface area (Å²) in [6.07, 6.45) is -5.42. The summed E-state index contributed by atoms with van der Waals surface area (Å²) < 4.78 is 84.8. The topological polar surface area (TPSA) is 20.3 Å². The molecule has 0 saturated carbocycles. The van der Waals surface area contributed by atoms with E-state index in [1.54, 1.807) is 0 Å². The molecule has 0 aromatic heterocycles. The number of likely N-dealkylation sites (tertiary alicyclic amines) is 1. The Morgan fingerprint density at radius 2 is 1.33 bits per heavy atom. The highest BCUT2D eigenvalue weighted by molar-refractivity contribution is 5.82. The Morgan fingerprint density at radius 3 is 1.60 bits per heavy atom. The maximum Gasteiger partial charge on any atom is 0.471 e. The van der Waals surface area contributed by atoms with Gasteiger partial charge >= 0.3 is 23.9 Å². The summed E-state index contributed by atoms with van der Waals surface area (Å²) in [5, 5.41) is 0. The van der Waals surface area contributed by atoms with E-state index in [0.29, 0.717) is 0 Å². The molecule has 0 atom stereocenters. The Bertz CT molecular complexity index is 268. The Hall–Kier alpha value is -1.02. The first-order valence-corrected chi connectivity index (χ1v) is 3.59. The van der Waals surface area contributed by atoms with E-state index >= 15 is 0 Å². The number of alkyl halides is 7. The average molecular weight is 239 g/mol. The van der Waals surface area contributed by atoms with Crippen LogP contribution in [-0.2, 0) is 4.79 Å². The van der Waals surface area contributed by atoms with Gasteiger partial charge in [-0.3, -0.25) is 4.79 Å². The van der Waals surface area contributed by atoms with Crippen molar-refractivity contribution < 1.29 is 35.5 Å². The number of halogens is 7. The number of hydrogen-bond acceptors (Lipinski definition) is 1. The molecule has 15 heavy (non-hydrogen) atoms. The predicted molar refractivity (Wildman–Crippen MR) is 32.5 cm³/mol. The van der Waals surface area contributed by atoms with Gasteiger partial charge in [0.05, 0.1) is 13.1 Å². The van der Waals surface area contributed by atoms with Crippen molar-refractivity contribution in [3.8, 4) is 0 Å². The molecule has 1 amide bonds. The number of amides is 1.